The van der Waals surface area contributed by atoms with E-state index >= 15 is 0 Å². The van der Waals surface area contributed by atoms with Gasteiger partial charge in [-0.1, -0.05) is 209 Å². The summed E-state index contributed by atoms with van der Waals surface area (Å²) < 4.78 is 16.8. The molecule has 0 aliphatic carbocycles. The molecule has 0 aromatic rings. The zero-order chi connectivity index (χ0) is 47.2. The van der Waals surface area contributed by atoms with Crippen molar-refractivity contribution in [1.82, 2.24) is 0 Å². The molecule has 1 unspecified atom stereocenters. The molecule has 0 spiro atoms. The molecule has 0 aromatic carbocycles. The fourth-order valence-corrected chi connectivity index (χ4v) is 7.54. The first-order valence-electron chi connectivity index (χ1n) is 27.4. The maximum atomic E-state index is 12.8. The molecule has 0 saturated carbocycles. The minimum atomic E-state index is -0.792. The first-order chi connectivity index (χ1) is 32.0. The van der Waals surface area contributed by atoms with E-state index < -0.39 is 6.10 Å². The van der Waals surface area contributed by atoms with Crippen molar-refractivity contribution < 1.29 is 28.6 Å². The van der Waals surface area contributed by atoms with Gasteiger partial charge in [-0.2, -0.15) is 0 Å². The third kappa shape index (κ3) is 51.7. The van der Waals surface area contributed by atoms with Gasteiger partial charge in [0.05, 0.1) is 0 Å². The van der Waals surface area contributed by atoms with Gasteiger partial charge in [0.15, 0.2) is 6.10 Å². The number of unbranched alkanes of at least 4 members (excludes halogenated alkanes) is 26. The van der Waals surface area contributed by atoms with Gasteiger partial charge in [-0.15, -0.1) is 0 Å². The minimum Gasteiger partial charge on any atom is -0.462 e. The number of hydrogen-bond acceptors (Lipinski definition) is 6. The summed E-state index contributed by atoms with van der Waals surface area (Å²) in [5.41, 5.74) is 0. The predicted molar refractivity (Wildman–Crippen MR) is 279 cm³/mol. The quantitative estimate of drug-likeness (QED) is 0.0262. The molecule has 0 N–H and O–H groups in total. The number of hydrogen-bond donors (Lipinski definition) is 0. The van der Waals surface area contributed by atoms with Gasteiger partial charge in [-0.05, 0) is 109 Å². The van der Waals surface area contributed by atoms with E-state index in [1.165, 1.54) is 109 Å². The molecule has 0 bridgehead atoms. The topological polar surface area (TPSA) is 78.9 Å². The molecular formula is C59H102O6. The highest BCUT2D eigenvalue weighted by molar-refractivity contribution is 5.71. The average molecular weight is 907 g/mol. The molecule has 0 saturated heterocycles. The molecule has 6 nitrogen and oxygen atoms in total. The number of carbonyl (C=O) groups excluding carboxylic acids is 3. The van der Waals surface area contributed by atoms with Crippen LogP contribution in [0.5, 0.6) is 0 Å². The van der Waals surface area contributed by atoms with Crippen LogP contribution in [0.25, 0.3) is 0 Å². The van der Waals surface area contributed by atoms with Crippen LogP contribution in [0.3, 0.4) is 0 Å². The minimum absolute atomic E-state index is 0.0900. The van der Waals surface area contributed by atoms with Crippen LogP contribution in [0.15, 0.2) is 72.9 Å². The molecule has 0 fully saturated rings. The zero-order valence-corrected chi connectivity index (χ0v) is 42.7. The molecular weight excluding hydrogens is 805 g/mol. The number of rotatable bonds is 49. The van der Waals surface area contributed by atoms with Gasteiger partial charge in [0.2, 0.25) is 0 Å². The van der Waals surface area contributed by atoms with Gasteiger partial charge in [-0.25, -0.2) is 0 Å². The van der Waals surface area contributed by atoms with Crippen LogP contribution in [0.2, 0.25) is 0 Å². The summed E-state index contributed by atoms with van der Waals surface area (Å²) in [7, 11) is 0. The van der Waals surface area contributed by atoms with Crippen molar-refractivity contribution in [3.63, 3.8) is 0 Å². The summed E-state index contributed by atoms with van der Waals surface area (Å²) in [5, 5.41) is 0. The van der Waals surface area contributed by atoms with Crippen molar-refractivity contribution in [3.05, 3.63) is 72.9 Å². The van der Waals surface area contributed by atoms with Crippen molar-refractivity contribution in [2.75, 3.05) is 13.2 Å². The van der Waals surface area contributed by atoms with E-state index in [1.54, 1.807) is 0 Å². The zero-order valence-electron chi connectivity index (χ0n) is 42.7. The van der Waals surface area contributed by atoms with E-state index in [2.05, 4.69) is 93.7 Å². The molecule has 374 valence electrons. The number of carbonyl (C=O) groups is 3. The summed E-state index contributed by atoms with van der Waals surface area (Å²) in [6, 6.07) is 0. The van der Waals surface area contributed by atoms with E-state index in [-0.39, 0.29) is 31.1 Å². The monoisotopic (exact) mass is 907 g/mol. The van der Waals surface area contributed by atoms with Crippen molar-refractivity contribution >= 4 is 17.9 Å². The summed E-state index contributed by atoms with van der Waals surface area (Å²) in [5.74, 6) is -0.924. The van der Waals surface area contributed by atoms with Crippen molar-refractivity contribution in [2.24, 2.45) is 0 Å². The molecule has 1 atom stereocenters. The second-order valence-corrected chi connectivity index (χ2v) is 18.1. The Hall–Kier alpha value is -3.15. The molecule has 65 heavy (non-hydrogen) atoms. The summed E-state index contributed by atoms with van der Waals surface area (Å²) in [4.78, 5) is 38.1. The molecule has 0 heterocycles. The molecule has 0 amide bonds. The predicted octanol–water partition coefficient (Wildman–Crippen LogP) is 18.2. The van der Waals surface area contributed by atoms with Crippen LogP contribution in [-0.4, -0.2) is 37.2 Å². The normalized spacial score (nSPS) is 12.6. The Morgan fingerprint density at radius 3 is 0.985 bits per heavy atom. The van der Waals surface area contributed by atoms with E-state index in [9.17, 15) is 14.4 Å². The number of allylic oxidation sites excluding steroid dienone is 12. The highest BCUT2D eigenvalue weighted by Crippen LogP contribution is 2.14. The molecule has 0 radical (unpaired) electrons. The lowest BCUT2D eigenvalue weighted by Crippen LogP contribution is -2.30. The largest absolute Gasteiger partial charge is 0.462 e. The Kier molecular flexibility index (Phi) is 50.9. The number of ether oxygens (including phenoxy) is 3. The van der Waals surface area contributed by atoms with Crippen LogP contribution < -0.4 is 0 Å². The van der Waals surface area contributed by atoms with E-state index in [0.717, 1.165) is 116 Å². The van der Waals surface area contributed by atoms with Gasteiger partial charge >= 0.3 is 17.9 Å². The second-order valence-electron chi connectivity index (χ2n) is 18.1. The first kappa shape index (κ1) is 61.9. The van der Waals surface area contributed by atoms with Gasteiger partial charge < -0.3 is 14.2 Å². The second kappa shape index (κ2) is 53.5. The SMILES string of the molecule is CC/C=C\C/C=C\C/C=C\CCCCCCC(=O)OCC(COC(=O)CCCCCCCCC/C=C\C/C=C\CCCCC)OC(=O)CCCCCCC/C=C\CCCCCCCCC. The fraction of sp³-hybridized carbons (Fsp3) is 0.746. The van der Waals surface area contributed by atoms with Crippen molar-refractivity contribution in [1.29, 1.82) is 0 Å². The van der Waals surface area contributed by atoms with Gasteiger partial charge in [0, 0.05) is 19.3 Å². The Bertz CT molecular complexity index is 1230. The fourth-order valence-electron chi connectivity index (χ4n) is 7.54. The maximum Gasteiger partial charge on any atom is 0.306 e. The Labute approximate surface area is 402 Å². The lowest BCUT2D eigenvalue weighted by molar-refractivity contribution is -0.167. The summed E-state index contributed by atoms with van der Waals surface area (Å²) in [6.45, 7) is 6.48. The first-order valence-corrected chi connectivity index (χ1v) is 27.4. The van der Waals surface area contributed by atoms with E-state index in [0.29, 0.717) is 19.3 Å². The van der Waals surface area contributed by atoms with E-state index in [1.807, 2.05) is 0 Å². The Morgan fingerprint density at radius 1 is 0.323 bits per heavy atom. The summed E-state index contributed by atoms with van der Waals surface area (Å²) in [6.07, 6.45) is 67.4. The third-order valence-corrected chi connectivity index (χ3v) is 11.7. The van der Waals surface area contributed by atoms with Crippen LogP contribution in [-0.2, 0) is 28.6 Å². The maximum absolute atomic E-state index is 12.8. The van der Waals surface area contributed by atoms with Crippen LogP contribution >= 0.6 is 0 Å². The number of esters is 3. The molecule has 0 aromatic heterocycles. The van der Waals surface area contributed by atoms with Crippen LogP contribution in [0.1, 0.15) is 265 Å². The standard InChI is InChI=1S/C59H102O6/c1-4-7-10-13-16-19-22-25-28-30-32-34-37-40-43-46-49-52-58(61)64-55-56(54-63-57(60)51-48-45-42-39-36-33-27-24-21-18-15-12-9-6-3)65-59(62)53-50-47-44-41-38-35-31-29-26-23-20-17-14-11-8-5-2/h9,12,16,18-19,21,25,27-29,31,33,56H,4-8,10-11,13-15,17,20,22-24,26,30,32,34-55H2,1-3H3/b12-9-,19-16-,21-18-,28-25-,31-29-,33-27-. The smallest absolute Gasteiger partial charge is 0.306 e. The van der Waals surface area contributed by atoms with Gasteiger partial charge in [0.25, 0.3) is 0 Å². The highest BCUT2D eigenvalue weighted by atomic mass is 16.6. The molecule has 0 aliphatic rings. The molecule has 0 aliphatic heterocycles. The lowest BCUT2D eigenvalue weighted by Gasteiger charge is -2.18. The van der Waals surface area contributed by atoms with Gasteiger partial charge in [0.1, 0.15) is 13.2 Å². The Balaban J connectivity index is 4.43. The van der Waals surface area contributed by atoms with Gasteiger partial charge in [-0.3, -0.25) is 14.4 Å². The molecule has 6 heteroatoms. The summed E-state index contributed by atoms with van der Waals surface area (Å²) >= 11 is 0. The van der Waals surface area contributed by atoms with Crippen molar-refractivity contribution in [3.8, 4) is 0 Å². The van der Waals surface area contributed by atoms with Crippen LogP contribution in [0.4, 0.5) is 0 Å². The van der Waals surface area contributed by atoms with E-state index in [4.69, 9.17) is 14.2 Å². The highest BCUT2D eigenvalue weighted by Gasteiger charge is 2.19. The lowest BCUT2D eigenvalue weighted by atomic mass is 10.1. The molecule has 0 rings (SSSR count). The van der Waals surface area contributed by atoms with Crippen LogP contribution in [0, 0.1) is 0 Å². The Morgan fingerprint density at radius 2 is 0.600 bits per heavy atom. The van der Waals surface area contributed by atoms with Crippen molar-refractivity contribution in [2.45, 2.75) is 271 Å². The third-order valence-electron chi connectivity index (χ3n) is 11.7. The average Bonchev–Trinajstić information content (AvgIpc) is 3.30.